The minimum Gasteiger partial charge on any atom is -0.208 e. The molecule has 0 aromatic rings. The molecule has 0 amide bonds. The predicted molar refractivity (Wildman–Crippen MR) is 67.5 cm³/mol. The summed E-state index contributed by atoms with van der Waals surface area (Å²) in [5.74, 6) is 0.522. The van der Waals surface area contributed by atoms with Crippen molar-refractivity contribution in [3.05, 3.63) is 12.0 Å². The van der Waals surface area contributed by atoms with E-state index in [0.717, 1.165) is 24.7 Å². The summed E-state index contributed by atoms with van der Waals surface area (Å²) in [6.45, 7) is 11.4. The molecule has 0 aromatic carbocycles. The van der Waals surface area contributed by atoms with Gasteiger partial charge in [-0.1, -0.05) is 27.4 Å². The van der Waals surface area contributed by atoms with Crippen LogP contribution in [0.3, 0.4) is 0 Å². The highest BCUT2D eigenvalue weighted by Crippen LogP contribution is 2.29. The van der Waals surface area contributed by atoms with Gasteiger partial charge in [0.15, 0.2) is 0 Å². The Balaban J connectivity index is 2.45. The molecule has 1 unspecified atom stereocenters. The molecule has 3 nitrogen and oxygen atoms in total. The molecule has 1 aliphatic heterocycles. The van der Waals surface area contributed by atoms with Crippen LogP contribution < -0.4 is 0 Å². The van der Waals surface area contributed by atoms with Crippen molar-refractivity contribution < 1.29 is 8.42 Å². The third-order valence-corrected chi connectivity index (χ3v) is 4.59. The monoisotopic (exact) mass is 245 g/mol. The van der Waals surface area contributed by atoms with E-state index in [9.17, 15) is 8.42 Å². The van der Waals surface area contributed by atoms with E-state index in [1.165, 1.54) is 0 Å². The van der Waals surface area contributed by atoms with E-state index in [2.05, 4.69) is 27.4 Å². The molecule has 0 saturated carbocycles. The highest BCUT2D eigenvalue weighted by atomic mass is 32.2. The van der Waals surface area contributed by atoms with Gasteiger partial charge in [-0.25, -0.2) is 8.42 Å². The van der Waals surface area contributed by atoms with Crippen molar-refractivity contribution >= 4 is 10.0 Å². The Bertz CT molecular complexity index is 341. The molecule has 1 heterocycles. The molecule has 1 rings (SSSR count). The van der Waals surface area contributed by atoms with Crippen LogP contribution in [0.2, 0.25) is 0 Å². The molecule has 0 bridgehead atoms. The van der Waals surface area contributed by atoms with Gasteiger partial charge in [-0.15, -0.1) is 0 Å². The van der Waals surface area contributed by atoms with Crippen LogP contribution in [0.25, 0.3) is 0 Å². The molecule has 16 heavy (non-hydrogen) atoms. The van der Waals surface area contributed by atoms with E-state index in [4.69, 9.17) is 0 Å². The van der Waals surface area contributed by atoms with Gasteiger partial charge in [0.05, 0.1) is 0 Å². The summed E-state index contributed by atoms with van der Waals surface area (Å²) in [6.07, 6.45) is 3.26. The maximum absolute atomic E-state index is 11.6. The first kappa shape index (κ1) is 13.7. The van der Waals surface area contributed by atoms with Crippen molar-refractivity contribution in [1.82, 2.24) is 4.31 Å². The summed E-state index contributed by atoms with van der Waals surface area (Å²) >= 11 is 0. The lowest BCUT2D eigenvalue weighted by atomic mass is 9.86. The van der Waals surface area contributed by atoms with Gasteiger partial charge in [0, 0.05) is 18.5 Å². The molecule has 1 fully saturated rings. The molecule has 0 spiro atoms. The van der Waals surface area contributed by atoms with Crippen LogP contribution >= 0.6 is 0 Å². The molecule has 1 saturated heterocycles. The second-order valence-corrected chi connectivity index (χ2v) is 7.70. The van der Waals surface area contributed by atoms with Gasteiger partial charge in [0.25, 0.3) is 0 Å². The number of nitrogens with zero attached hydrogens (tertiary/aromatic N) is 1. The Labute approximate surface area is 99.6 Å². The minimum atomic E-state index is -3.19. The maximum atomic E-state index is 11.6. The standard InChI is InChI=1S/C12H23NO2S/c1-5-16(14,15)13-9-7-11(10-13)6-8-12(2,3)4/h5,11H,1,6-10H2,2-4H3. The zero-order valence-corrected chi connectivity index (χ0v) is 11.4. The Morgan fingerprint density at radius 1 is 1.44 bits per heavy atom. The molecular weight excluding hydrogens is 222 g/mol. The van der Waals surface area contributed by atoms with Crippen LogP contribution in [-0.4, -0.2) is 25.8 Å². The fourth-order valence-electron chi connectivity index (χ4n) is 2.01. The van der Waals surface area contributed by atoms with Crippen LogP contribution in [-0.2, 0) is 10.0 Å². The lowest BCUT2D eigenvalue weighted by Crippen LogP contribution is -2.26. The van der Waals surface area contributed by atoms with Crippen molar-refractivity contribution in [3.63, 3.8) is 0 Å². The topological polar surface area (TPSA) is 37.4 Å². The van der Waals surface area contributed by atoms with E-state index in [1.54, 1.807) is 4.31 Å². The van der Waals surface area contributed by atoms with Gasteiger partial charge in [-0.3, -0.25) is 0 Å². The Morgan fingerprint density at radius 2 is 2.06 bits per heavy atom. The quantitative estimate of drug-likeness (QED) is 0.763. The summed E-state index contributed by atoms with van der Waals surface area (Å²) in [7, 11) is -3.19. The smallest absolute Gasteiger partial charge is 0.208 e. The van der Waals surface area contributed by atoms with Gasteiger partial charge >= 0.3 is 0 Å². The first-order chi connectivity index (χ1) is 7.24. The van der Waals surface area contributed by atoms with Gasteiger partial charge in [-0.2, -0.15) is 4.31 Å². The van der Waals surface area contributed by atoms with Gasteiger partial charge < -0.3 is 0 Å². The highest BCUT2D eigenvalue weighted by molar-refractivity contribution is 7.92. The molecule has 0 N–H and O–H groups in total. The van der Waals surface area contributed by atoms with Crippen molar-refractivity contribution in [2.45, 2.75) is 40.0 Å². The van der Waals surface area contributed by atoms with Gasteiger partial charge in [-0.05, 0) is 30.6 Å². The summed E-state index contributed by atoms with van der Waals surface area (Å²) in [4.78, 5) is 0. The van der Waals surface area contributed by atoms with Crippen molar-refractivity contribution in [2.24, 2.45) is 11.3 Å². The second-order valence-electron chi connectivity index (χ2n) is 5.82. The minimum absolute atomic E-state index is 0.338. The molecule has 0 aromatic heterocycles. The normalized spacial score (nSPS) is 23.6. The number of hydrogen-bond acceptors (Lipinski definition) is 2. The van der Waals surface area contributed by atoms with Crippen LogP contribution in [0.5, 0.6) is 0 Å². The number of hydrogen-bond donors (Lipinski definition) is 0. The number of sulfonamides is 1. The third-order valence-electron chi connectivity index (χ3n) is 3.12. The fourth-order valence-corrected chi connectivity index (χ4v) is 3.00. The second kappa shape index (κ2) is 4.88. The number of rotatable bonds is 4. The summed E-state index contributed by atoms with van der Waals surface area (Å²) < 4.78 is 24.7. The van der Waals surface area contributed by atoms with E-state index in [-0.39, 0.29) is 0 Å². The van der Waals surface area contributed by atoms with Crippen LogP contribution in [0.1, 0.15) is 40.0 Å². The molecule has 0 aliphatic carbocycles. The summed E-state index contributed by atoms with van der Waals surface area (Å²) in [5.41, 5.74) is 0.338. The van der Waals surface area contributed by atoms with E-state index in [1.807, 2.05) is 0 Å². The van der Waals surface area contributed by atoms with Crippen LogP contribution in [0.15, 0.2) is 12.0 Å². The Kier molecular flexibility index (Phi) is 4.18. The third kappa shape index (κ3) is 3.91. The average Bonchev–Trinajstić information content (AvgIpc) is 2.62. The zero-order valence-electron chi connectivity index (χ0n) is 10.6. The van der Waals surface area contributed by atoms with Gasteiger partial charge in [0.1, 0.15) is 0 Å². The lowest BCUT2D eigenvalue weighted by Gasteiger charge is -2.20. The van der Waals surface area contributed by atoms with Crippen molar-refractivity contribution in [2.75, 3.05) is 13.1 Å². The Morgan fingerprint density at radius 3 is 2.56 bits per heavy atom. The molecule has 1 aliphatic rings. The van der Waals surface area contributed by atoms with Crippen molar-refractivity contribution in [3.8, 4) is 0 Å². The van der Waals surface area contributed by atoms with E-state index >= 15 is 0 Å². The SMILES string of the molecule is C=CS(=O)(=O)N1CCC(CCC(C)(C)C)C1. The molecule has 0 radical (unpaired) electrons. The zero-order chi connectivity index (χ0) is 12.4. The lowest BCUT2D eigenvalue weighted by molar-refractivity contribution is 0.325. The molecule has 1 atom stereocenters. The molecule has 4 heteroatoms. The fraction of sp³-hybridized carbons (Fsp3) is 0.833. The summed E-state index contributed by atoms with van der Waals surface area (Å²) in [5, 5.41) is 1.05. The molecular formula is C12H23NO2S. The Hall–Kier alpha value is -0.350. The first-order valence-corrected chi connectivity index (χ1v) is 7.37. The van der Waals surface area contributed by atoms with Gasteiger partial charge in [0.2, 0.25) is 10.0 Å². The van der Waals surface area contributed by atoms with Crippen LogP contribution in [0.4, 0.5) is 0 Å². The van der Waals surface area contributed by atoms with Crippen LogP contribution in [0, 0.1) is 11.3 Å². The summed E-state index contributed by atoms with van der Waals surface area (Å²) in [6, 6.07) is 0. The predicted octanol–water partition coefficient (Wildman–Crippen LogP) is 2.61. The van der Waals surface area contributed by atoms with E-state index < -0.39 is 10.0 Å². The highest BCUT2D eigenvalue weighted by Gasteiger charge is 2.29. The van der Waals surface area contributed by atoms with E-state index in [0.29, 0.717) is 24.4 Å². The largest absolute Gasteiger partial charge is 0.235 e. The van der Waals surface area contributed by atoms with Crippen molar-refractivity contribution in [1.29, 1.82) is 0 Å². The molecule has 94 valence electrons. The first-order valence-electron chi connectivity index (χ1n) is 5.87. The average molecular weight is 245 g/mol. The maximum Gasteiger partial charge on any atom is 0.235 e.